The summed E-state index contributed by atoms with van der Waals surface area (Å²) in [7, 11) is 1.68. The highest BCUT2D eigenvalue weighted by Crippen LogP contribution is 2.71. The van der Waals surface area contributed by atoms with Crippen LogP contribution in [0.3, 0.4) is 0 Å². The molecule has 2 heterocycles. The van der Waals surface area contributed by atoms with Crippen molar-refractivity contribution in [2.75, 3.05) is 12.0 Å². The maximum atomic E-state index is 14.6. The van der Waals surface area contributed by atoms with Crippen LogP contribution in [0.1, 0.15) is 55.0 Å². The number of rotatable bonds is 3. The first-order valence-electron chi connectivity index (χ1n) is 14.3. The highest BCUT2D eigenvalue weighted by molar-refractivity contribution is 7.16. The summed E-state index contributed by atoms with van der Waals surface area (Å²) in [5.41, 5.74) is 4.52. The Labute approximate surface area is 238 Å². The number of carbonyl (C=O) groups is 2. The number of allylic oxidation sites excluding steroid dienone is 1. The van der Waals surface area contributed by atoms with Crippen molar-refractivity contribution in [1.29, 1.82) is 5.26 Å². The molecule has 2 aromatic carbocycles. The molecule has 1 aromatic heterocycles. The maximum absolute atomic E-state index is 14.6. The van der Waals surface area contributed by atoms with E-state index in [-0.39, 0.29) is 17.2 Å². The fraction of sp³-hybridized carbons (Fsp3) is 0.382. The first-order valence-corrected chi connectivity index (χ1v) is 15.1. The zero-order valence-corrected chi connectivity index (χ0v) is 23.5. The summed E-state index contributed by atoms with van der Waals surface area (Å²) in [6.07, 6.45) is 5.92. The third-order valence-corrected chi connectivity index (χ3v) is 12.0. The SMILES string of the molecule is COc1ccc(-c2cc3c(s2)C2(C4CC5CC(C4)CC2C5)C2C(=O)N(c4cccc(C#N)c4)C(=O)C2=C3C)cc1. The van der Waals surface area contributed by atoms with Crippen molar-refractivity contribution in [3.63, 3.8) is 0 Å². The lowest BCUT2D eigenvalue weighted by Gasteiger charge is -2.63. The lowest BCUT2D eigenvalue weighted by Crippen LogP contribution is -2.61. The lowest BCUT2D eigenvalue weighted by atomic mass is 9.40. The van der Waals surface area contributed by atoms with E-state index in [2.05, 4.69) is 24.3 Å². The van der Waals surface area contributed by atoms with Gasteiger partial charge in [-0.1, -0.05) is 6.07 Å². The predicted molar refractivity (Wildman–Crippen MR) is 155 cm³/mol. The smallest absolute Gasteiger partial charge is 0.262 e. The second-order valence-corrected chi connectivity index (χ2v) is 13.5. The van der Waals surface area contributed by atoms with Crippen molar-refractivity contribution < 1.29 is 14.3 Å². The van der Waals surface area contributed by atoms with Gasteiger partial charge in [0.2, 0.25) is 5.91 Å². The Kier molecular flexibility index (Phi) is 5.07. The second-order valence-electron chi connectivity index (χ2n) is 12.4. The molecule has 1 atom stereocenters. The minimum absolute atomic E-state index is 0.105. The fourth-order valence-electron chi connectivity index (χ4n) is 9.35. The van der Waals surface area contributed by atoms with E-state index in [0.717, 1.165) is 60.0 Å². The van der Waals surface area contributed by atoms with Gasteiger partial charge in [0.15, 0.2) is 0 Å². The largest absolute Gasteiger partial charge is 0.497 e. The van der Waals surface area contributed by atoms with Crippen LogP contribution >= 0.6 is 11.3 Å². The molecule has 6 heteroatoms. The normalized spacial score (nSPS) is 31.5. The van der Waals surface area contributed by atoms with E-state index in [1.54, 1.807) is 31.4 Å². The van der Waals surface area contributed by atoms with Crippen molar-refractivity contribution in [3.05, 3.63) is 76.2 Å². The molecule has 5 nitrogen and oxygen atoms in total. The van der Waals surface area contributed by atoms with E-state index in [4.69, 9.17) is 4.74 Å². The molecule has 1 saturated heterocycles. The molecule has 40 heavy (non-hydrogen) atoms. The van der Waals surface area contributed by atoms with Crippen molar-refractivity contribution >= 4 is 34.4 Å². The van der Waals surface area contributed by atoms with E-state index < -0.39 is 5.92 Å². The van der Waals surface area contributed by atoms with Gasteiger partial charge in [0.1, 0.15) is 5.75 Å². The van der Waals surface area contributed by atoms with Gasteiger partial charge in [-0.2, -0.15) is 5.26 Å². The third-order valence-electron chi connectivity index (χ3n) is 10.7. The van der Waals surface area contributed by atoms with Crippen molar-refractivity contribution in [2.45, 2.75) is 44.4 Å². The molecule has 6 aliphatic rings. The molecule has 0 radical (unpaired) electrons. The number of imide groups is 1. The number of fused-ring (bicyclic) bond motifs is 2. The number of methoxy groups -OCH3 is 1. The number of hydrogen-bond acceptors (Lipinski definition) is 5. The molecule has 5 fully saturated rings. The minimum Gasteiger partial charge on any atom is -0.497 e. The molecule has 1 spiro atoms. The number of amides is 2. The van der Waals surface area contributed by atoms with Crippen molar-refractivity contribution in [2.24, 2.45) is 29.6 Å². The van der Waals surface area contributed by atoms with Crippen molar-refractivity contribution in [1.82, 2.24) is 0 Å². The predicted octanol–water partition coefficient (Wildman–Crippen LogP) is 6.97. The van der Waals surface area contributed by atoms with Crippen LogP contribution in [0.5, 0.6) is 5.75 Å². The molecule has 2 amide bonds. The highest BCUT2D eigenvalue weighted by Gasteiger charge is 2.69. The molecule has 1 aliphatic heterocycles. The molecule has 1 unspecified atom stereocenters. The van der Waals surface area contributed by atoms with E-state index in [9.17, 15) is 14.9 Å². The zero-order chi connectivity index (χ0) is 27.3. The summed E-state index contributed by atoms with van der Waals surface area (Å²) in [6, 6.07) is 19.5. The summed E-state index contributed by atoms with van der Waals surface area (Å²) in [5.74, 6) is 2.33. The van der Waals surface area contributed by atoms with Crippen LogP contribution in [0, 0.1) is 40.9 Å². The molecule has 0 N–H and O–H groups in total. The lowest BCUT2D eigenvalue weighted by molar-refractivity contribution is -0.131. The first kappa shape index (κ1) is 24.1. The van der Waals surface area contributed by atoms with Gasteiger partial charge in [0.25, 0.3) is 5.91 Å². The molecule has 5 aliphatic carbocycles. The Hall–Kier alpha value is -3.69. The summed E-state index contributed by atoms with van der Waals surface area (Å²) in [6.45, 7) is 2.04. The van der Waals surface area contributed by atoms with Crippen LogP contribution in [0.15, 0.2) is 60.2 Å². The van der Waals surface area contributed by atoms with Gasteiger partial charge >= 0.3 is 0 Å². The quantitative estimate of drug-likeness (QED) is 0.333. The van der Waals surface area contributed by atoms with Crippen LogP contribution in [-0.4, -0.2) is 18.9 Å². The number of carbonyl (C=O) groups excluding carboxylic acids is 2. The van der Waals surface area contributed by atoms with Gasteiger partial charge < -0.3 is 4.74 Å². The van der Waals surface area contributed by atoms with Crippen LogP contribution in [0.2, 0.25) is 0 Å². The molecule has 9 rings (SSSR count). The van der Waals surface area contributed by atoms with Crippen LogP contribution in [0.25, 0.3) is 16.0 Å². The monoisotopic (exact) mass is 546 g/mol. The van der Waals surface area contributed by atoms with Gasteiger partial charge in [-0.15, -0.1) is 11.3 Å². The zero-order valence-electron chi connectivity index (χ0n) is 22.6. The summed E-state index contributed by atoms with van der Waals surface area (Å²) in [5, 5.41) is 9.51. The van der Waals surface area contributed by atoms with Crippen molar-refractivity contribution in [3.8, 4) is 22.3 Å². The van der Waals surface area contributed by atoms with Gasteiger partial charge in [-0.05, 0) is 128 Å². The van der Waals surface area contributed by atoms with Gasteiger partial charge in [0, 0.05) is 20.7 Å². The van der Waals surface area contributed by atoms with Gasteiger partial charge in [-0.3, -0.25) is 9.59 Å². The number of anilines is 1. The Morgan fingerprint density at radius 1 is 0.975 bits per heavy atom. The standard InChI is InChI=1S/C34H30N2O3S/c1-18-27-16-28(22-6-8-26(39-2)9-7-22)40-31(27)34(23-11-20-10-21(13-23)14-24(34)12-20)30-29(18)32(37)36(33(30)38)25-5-3-4-19(15-25)17-35/h3-9,15-16,20-21,23-24,30H,10-14H2,1-2H3. The molecule has 4 bridgehead atoms. The molecular weight excluding hydrogens is 516 g/mol. The third kappa shape index (κ3) is 3.02. The van der Waals surface area contributed by atoms with E-state index >= 15 is 0 Å². The Morgan fingerprint density at radius 3 is 2.33 bits per heavy atom. The minimum atomic E-state index is -0.462. The number of ether oxygens (including phenoxy) is 1. The Bertz CT molecular complexity index is 1650. The fourth-order valence-corrected chi connectivity index (χ4v) is 10.9. The maximum Gasteiger partial charge on any atom is 0.262 e. The van der Waals surface area contributed by atoms with E-state index in [0.29, 0.717) is 28.7 Å². The number of nitrogens with zero attached hydrogens (tertiary/aromatic N) is 2. The van der Waals surface area contributed by atoms with Crippen LogP contribution in [-0.2, 0) is 15.0 Å². The number of benzene rings is 2. The molecule has 200 valence electrons. The number of nitriles is 1. The summed E-state index contributed by atoms with van der Waals surface area (Å²) >= 11 is 1.84. The Balaban J connectivity index is 1.35. The van der Waals surface area contributed by atoms with Crippen LogP contribution in [0.4, 0.5) is 5.69 Å². The second kappa shape index (κ2) is 8.41. The molecule has 4 saturated carbocycles. The van der Waals surface area contributed by atoms with Crippen LogP contribution < -0.4 is 9.64 Å². The Morgan fingerprint density at radius 2 is 1.68 bits per heavy atom. The summed E-state index contributed by atoms with van der Waals surface area (Å²) in [4.78, 5) is 32.8. The van der Waals surface area contributed by atoms with E-state index in [1.807, 2.05) is 30.4 Å². The highest BCUT2D eigenvalue weighted by atomic mass is 32.1. The topological polar surface area (TPSA) is 70.4 Å². The number of thiophene rings is 1. The van der Waals surface area contributed by atoms with Gasteiger partial charge in [0.05, 0.1) is 30.3 Å². The van der Waals surface area contributed by atoms with E-state index in [1.165, 1.54) is 21.1 Å². The average molecular weight is 547 g/mol. The van der Waals surface area contributed by atoms with Gasteiger partial charge in [-0.25, -0.2) is 4.90 Å². The molecule has 3 aromatic rings. The number of hydrogen-bond donors (Lipinski definition) is 0. The average Bonchev–Trinajstić information content (AvgIpc) is 3.53. The first-order chi connectivity index (χ1) is 19.4. The molecular formula is C34H30N2O3S. The summed E-state index contributed by atoms with van der Waals surface area (Å²) < 4.78 is 5.39.